The minimum absolute atomic E-state index is 0.104. The van der Waals surface area contributed by atoms with Crippen molar-refractivity contribution in [2.75, 3.05) is 18.5 Å². The summed E-state index contributed by atoms with van der Waals surface area (Å²) >= 11 is 1.42. The van der Waals surface area contributed by atoms with Crippen LogP contribution in [0.3, 0.4) is 0 Å². The molecule has 5 nitrogen and oxygen atoms in total. The number of carbonyl (C=O) groups excluding carboxylic acids is 2. The number of anilines is 1. The monoisotopic (exact) mass is 413 g/mol. The first-order valence-corrected chi connectivity index (χ1v) is 9.19. The highest BCUT2D eigenvalue weighted by Gasteiger charge is 2.31. The molecule has 28 heavy (non-hydrogen) atoms. The highest BCUT2D eigenvalue weighted by molar-refractivity contribution is 7.10. The second-order valence-corrected chi connectivity index (χ2v) is 6.54. The molecule has 1 aromatic carbocycles. The highest BCUT2D eigenvalue weighted by Crippen LogP contribution is 2.35. The van der Waals surface area contributed by atoms with Crippen LogP contribution in [0.15, 0.2) is 41.8 Å². The summed E-state index contributed by atoms with van der Waals surface area (Å²) in [6.07, 6.45) is -1.22. The molecule has 0 bridgehead atoms. The van der Waals surface area contributed by atoms with E-state index in [4.69, 9.17) is 9.47 Å². The molecule has 2 rings (SSSR count). The van der Waals surface area contributed by atoms with Crippen molar-refractivity contribution < 1.29 is 32.2 Å². The SMILES string of the molecule is CCCOc1ccc(C(F)(F)F)cc1NC(=O)COC(=O)/C=C/c1cccs1. The Hall–Kier alpha value is -2.81. The molecule has 0 spiro atoms. The van der Waals surface area contributed by atoms with Crippen molar-refractivity contribution in [3.05, 3.63) is 52.2 Å². The number of thiophene rings is 1. The Kier molecular flexibility index (Phi) is 7.62. The average molecular weight is 413 g/mol. The summed E-state index contributed by atoms with van der Waals surface area (Å²) in [7, 11) is 0. The fourth-order valence-corrected chi connectivity index (χ4v) is 2.67. The minimum atomic E-state index is -4.57. The van der Waals surface area contributed by atoms with E-state index in [1.54, 1.807) is 6.07 Å². The van der Waals surface area contributed by atoms with E-state index in [9.17, 15) is 22.8 Å². The molecule has 1 aromatic heterocycles. The Morgan fingerprint density at radius 2 is 2.04 bits per heavy atom. The number of esters is 1. The van der Waals surface area contributed by atoms with Gasteiger partial charge in [0, 0.05) is 11.0 Å². The first kappa shape index (κ1) is 21.5. The van der Waals surface area contributed by atoms with Gasteiger partial charge in [-0.25, -0.2) is 4.79 Å². The zero-order chi connectivity index (χ0) is 20.6. The van der Waals surface area contributed by atoms with Gasteiger partial charge in [0.15, 0.2) is 6.61 Å². The van der Waals surface area contributed by atoms with Gasteiger partial charge in [-0.2, -0.15) is 13.2 Å². The van der Waals surface area contributed by atoms with E-state index in [2.05, 4.69) is 5.32 Å². The third-order valence-electron chi connectivity index (χ3n) is 3.32. The lowest BCUT2D eigenvalue weighted by Crippen LogP contribution is -2.21. The molecule has 0 aliphatic rings. The number of ether oxygens (including phenoxy) is 2. The number of rotatable bonds is 8. The second kappa shape index (κ2) is 9.93. The number of hydrogen-bond donors (Lipinski definition) is 1. The molecule has 1 heterocycles. The van der Waals surface area contributed by atoms with Gasteiger partial charge in [0.25, 0.3) is 5.91 Å². The summed E-state index contributed by atoms with van der Waals surface area (Å²) in [4.78, 5) is 24.5. The van der Waals surface area contributed by atoms with E-state index in [0.29, 0.717) is 6.42 Å². The Labute approximate surface area is 163 Å². The van der Waals surface area contributed by atoms with Gasteiger partial charge >= 0.3 is 12.1 Å². The Balaban J connectivity index is 1.99. The first-order valence-electron chi connectivity index (χ1n) is 8.32. The molecule has 0 aliphatic carbocycles. The van der Waals surface area contributed by atoms with Crippen LogP contribution >= 0.6 is 11.3 Å². The van der Waals surface area contributed by atoms with Crippen LogP contribution in [0.5, 0.6) is 5.75 Å². The number of nitrogens with one attached hydrogen (secondary N) is 1. The molecule has 0 radical (unpaired) electrons. The lowest BCUT2D eigenvalue weighted by molar-refractivity contribution is -0.142. The zero-order valence-corrected chi connectivity index (χ0v) is 15.7. The fraction of sp³-hybridized carbons (Fsp3) is 0.263. The van der Waals surface area contributed by atoms with Crippen LogP contribution < -0.4 is 10.1 Å². The molecule has 0 saturated heterocycles. The molecule has 1 amide bonds. The number of hydrogen-bond acceptors (Lipinski definition) is 5. The molecule has 9 heteroatoms. The van der Waals surface area contributed by atoms with Crippen molar-refractivity contribution >= 4 is 35.0 Å². The molecule has 0 fully saturated rings. The van der Waals surface area contributed by atoms with Crippen LogP contribution in [0, 0.1) is 0 Å². The van der Waals surface area contributed by atoms with Crippen molar-refractivity contribution in [3.8, 4) is 5.75 Å². The van der Waals surface area contributed by atoms with E-state index in [0.717, 1.165) is 23.1 Å². The Morgan fingerprint density at radius 3 is 2.68 bits per heavy atom. The van der Waals surface area contributed by atoms with Crippen molar-refractivity contribution in [1.29, 1.82) is 0 Å². The minimum Gasteiger partial charge on any atom is -0.491 e. The van der Waals surface area contributed by atoms with E-state index < -0.39 is 30.2 Å². The molecule has 0 unspecified atom stereocenters. The van der Waals surface area contributed by atoms with Gasteiger partial charge in [0.2, 0.25) is 0 Å². The van der Waals surface area contributed by atoms with Crippen LogP contribution in [-0.2, 0) is 20.5 Å². The van der Waals surface area contributed by atoms with E-state index in [1.165, 1.54) is 23.5 Å². The van der Waals surface area contributed by atoms with Gasteiger partial charge < -0.3 is 14.8 Å². The Morgan fingerprint density at radius 1 is 1.25 bits per heavy atom. The molecule has 0 saturated carbocycles. The van der Waals surface area contributed by atoms with Crippen LogP contribution in [0.2, 0.25) is 0 Å². The zero-order valence-electron chi connectivity index (χ0n) is 14.9. The number of halogens is 3. The predicted octanol–water partition coefficient (Wildman–Crippen LogP) is 4.75. The molecule has 150 valence electrons. The summed E-state index contributed by atoms with van der Waals surface area (Å²) in [5, 5.41) is 4.13. The van der Waals surface area contributed by atoms with Crippen molar-refractivity contribution in [3.63, 3.8) is 0 Å². The van der Waals surface area contributed by atoms with Gasteiger partial charge in [0.1, 0.15) is 5.75 Å². The lowest BCUT2D eigenvalue weighted by atomic mass is 10.1. The van der Waals surface area contributed by atoms with Gasteiger partial charge in [0.05, 0.1) is 17.9 Å². The van der Waals surface area contributed by atoms with Crippen LogP contribution in [0.1, 0.15) is 23.8 Å². The first-order chi connectivity index (χ1) is 13.3. The van der Waals surface area contributed by atoms with Crippen LogP contribution in [0.4, 0.5) is 18.9 Å². The summed E-state index contributed by atoms with van der Waals surface area (Å²) < 4.78 is 48.9. The van der Waals surface area contributed by atoms with Gasteiger partial charge in [-0.1, -0.05) is 13.0 Å². The molecular weight excluding hydrogens is 395 g/mol. The topological polar surface area (TPSA) is 64.6 Å². The average Bonchev–Trinajstić information content (AvgIpc) is 3.16. The molecule has 0 aliphatic heterocycles. The summed E-state index contributed by atoms with van der Waals surface area (Å²) in [6.45, 7) is 1.47. The number of alkyl halides is 3. The lowest BCUT2D eigenvalue weighted by Gasteiger charge is -2.15. The van der Waals surface area contributed by atoms with Crippen molar-refractivity contribution in [2.45, 2.75) is 19.5 Å². The largest absolute Gasteiger partial charge is 0.491 e. The van der Waals surface area contributed by atoms with Crippen LogP contribution in [0.25, 0.3) is 6.08 Å². The molecule has 1 N–H and O–H groups in total. The van der Waals surface area contributed by atoms with Crippen molar-refractivity contribution in [1.82, 2.24) is 0 Å². The smallest absolute Gasteiger partial charge is 0.416 e. The normalized spacial score (nSPS) is 11.4. The Bertz CT molecular complexity index is 832. The maximum Gasteiger partial charge on any atom is 0.416 e. The molecule has 0 atom stereocenters. The number of benzene rings is 1. The van der Waals surface area contributed by atoms with E-state index in [-0.39, 0.29) is 18.0 Å². The van der Waals surface area contributed by atoms with E-state index >= 15 is 0 Å². The second-order valence-electron chi connectivity index (χ2n) is 5.56. The van der Waals surface area contributed by atoms with Gasteiger partial charge in [-0.15, -0.1) is 11.3 Å². The number of amides is 1. The molecular formula is C19H18F3NO4S. The van der Waals surface area contributed by atoms with E-state index in [1.807, 2.05) is 18.4 Å². The maximum absolute atomic E-state index is 12.9. The quantitative estimate of drug-likeness (QED) is 0.501. The van der Waals surface area contributed by atoms with Crippen LogP contribution in [-0.4, -0.2) is 25.1 Å². The summed E-state index contributed by atoms with van der Waals surface area (Å²) in [5.41, 5.74) is -1.07. The highest BCUT2D eigenvalue weighted by atomic mass is 32.1. The summed E-state index contributed by atoms with van der Waals surface area (Å²) in [5.74, 6) is -1.42. The van der Waals surface area contributed by atoms with Crippen molar-refractivity contribution in [2.24, 2.45) is 0 Å². The standard InChI is InChI=1S/C19H18F3NO4S/c1-2-9-26-16-7-5-13(19(20,21)22)11-15(16)23-17(24)12-27-18(25)8-6-14-4-3-10-28-14/h3-8,10-11H,2,9,12H2,1H3,(H,23,24)/b8-6+. The van der Waals surface area contributed by atoms with Gasteiger partial charge in [-0.3, -0.25) is 4.79 Å². The third kappa shape index (κ3) is 6.73. The third-order valence-corrected chi connectivity index (χ3v) is 4.15. The maximum atomic E-state index is 12.9. The molecule has 2 aromatic rings. The van der Waals surface area contributed by atoms with Gasteiger partial charge in [-0.05, 0) is 42.1 Å². The number of carbonyl (C=O) groups is 2. The summed E-state index contributed by atoms with van der Waals surface area (Å²) in [6, 6.07) is 6.41. The predicted molar refractivity (Wildman–Crippen MR) is 100 cm³/mol. The fourth-order valence-electron chi connectivity index (χ4n) is 2.05.